The molecule has 2 N–H and O–H groups in total. The van der Waals surface area contributed by atoms with E-state index in [2.05, 4.69) is 10.6 Å². The Morgan fingerprint density at radius 1 is 1.53 bits per heavy atom. The number of amides is 1. The highest BCUT2D eigenvalue weighted by Crippen LogP contribution is 2.18. The predicted molar refractivity (Wildman–Crippen MR) is 60.8 cm³/mol. The lowest BCUT2D eigenvalue weighted by atomic mass is 10.2. The summed E-state index contributed by atoms with van der Waals surface area (Å²) in [6.07, 6.45) is 2.23. The number of carbonyl (C=O) groups is 1. The largest absolute Gasteiger partial charge is 0.325 e. The molecule has 0 atom stereocenters. The smallest absolute Gasteiger partial charge is 0.238 e. The van der Waals surface area contributed by atoms with Crippen LogP contribution in [-0.4, -0.2) is 18.5 Å². The SMILES string of the molecule is N#Cc1cc(NC(=O)CNC2CC2)ccc1F. The van der Waals surface area contributed by atoms with E-state index in [1.165, 1.54) is 18.2 Å². The topological polar surface area (TPSA) is 64.9 Å². The van der Waals surface area contributed by atoms with Crippen molar-refractivity contribution in [2.75, 3.05) is 11.9 Å². The molecule has 0 bridgehead atoms. The number of halogens is 1. The highest BCUT2D eigenvalue weighted by atomic mass is 19.1. The quantitative estimate of drug-likeness (QED) is 0.825. The molecular formula is C12H12FN3O. The molecule has 5 heteroatoms. The van der Waals surface area contributed by atoms with Crippen molar-refractivity contribution < 1.29 is 9.18 Å². The number of anilines is 1. The fraction of sp³-hybridized carbons (Fsp3) is 0.333. The van der Waals surface area contributed by atoms with E-state index in [0.717, 1.165) is 12.8 Å². The van der Waals surface area contributed by atoms with Gasteiger partial charge in [-0.3, -0.25) is 4.79 Å². The maximum absolute atomic E-state index is 13.0. The molecule has 0 heterocycles. The summed E-state index contributed by atoms with van der Waals surface area (Å²) in [5.41, 5.74) is 0.364. The molecule has 1 amide bonds. The van der Waals surface area contributed by atoms with Crippen molar-refractivity contribution >= 4 is 11.6 Å². The zero-order chi connectivity index (χ0) is 12.3. The molecule has 0 aromatic heterocycles. The number of hydrogen-bond donors (Lipinski definition) is 2. The van der Waals surface area contributed by atoms with Gasteiger partial charge in [-0.2, -0.15) is 5.26 Å². The molecule has 1 aliphatic rings. The molecule has 1 aromatic rings. The van der Waals surface area contributed by atoms with Crippen LogP contribution in [0.5, 0.6) is 0 Å². The fourth-order valence-electron chi connectivity index (χ4n) is 1.42. The van der Waals surface area contributed by atoms with Crippen molar-refractivity contribution in [3.8, 4) is 6.07 Å². The maximum Gasteiger partial charge on any atom is 0.238 e. The molecule has 4 nitrogen and oxygen atoms in total. The molecule has 0 aliphatic heterocycles. The van der Waals surface area contributed by atoms with Crippen LogP contribution >= 0.6 is 0 Å². The molecule has 1 fully saturated rings. The minimum atomic E-state index is -0.582. The van der Waals surface area contributed by atoms with Crippen LogP contribution in [-0.2, 0) is 4.79 Å². The van der Waals surface area contributed by atoms with E-state index < -0.39 is 5.82 Å². The molecule has 0 spiro atoms. The van der Waals surface area contributed by atoms with Gasteiger partial charge in [-0.25, -0.2) is 4.39 Å². The third-order valence-corrected chi connectivity index (χ3v) is 2.50. The average Bonchev–Trinajstić information content (AvgIpc) is 3.13. The zero-order valence-electron chi connectivity index (χ0n) is 9.16. The molecule has 0 radical (unpaired) electrons. The number of nitriles is 1. The third kappa shape index (κ3) is 3.26. The predicted octanol–water partition coefficient (Wildman–Crippen LogP) is 1.39. The van der Waals surface area contributed by atoms with Gasteiger partial charge in [0.2, 0.25) is 5.91 Å². The van der Waals surface area contributed by atoms with Gasteiger partial charge in [0.15, 0.2) is 0 Å². The second kappa shape index (κ2) is 4.93. The van der Waals surface area contributed by atoms with Crippen LogP contribution < -0.4 is 10.6 Å². The summed E-state index contributed by atoms with van der Waals surface area (Å²) in [4.78, 5) is 11.5. The Morgan fingerprint density at radius 2 is 2.29 bits per heavy atom. The minimum Gasteiger partial charge on any atom is -0.325 e. The van der Waals surface area contributed by atoms with E-state index in [4.69, 9.17) is 5.26 Å². The molecule has 0 saturated heterocycles. The van der Waals surface area contributed by atoms with Crippen LogP contribution in [0.15, 0.2) is 18.2 Å². The van der Waals surface area contributed by atoms with Crippen molar-refractivity contribution in [3.05, 3.63) is 29.6 Å². The van der Waals surface area contributed by atoms with E-state index >= 15 is 0 Å². The van der Waals surface area contributed by atoms with Gasteiger partial charge in [0.1, 0.15) is 11.9 Å². The first kappa shape index (κ1) is 11.6. The fourth-order valence-corrected chi connectivity index (χ4v) is 1.42. The highest BCUT2D eigenvalue weighted by molar-refractivity contribution is 5.92. The Balaban J connectivity index is 1.93. The first-order valence-electron chi connectivity index (χ1n) is 5.42. The maximum atomic E-state index is 13.0. The Hall–Kier alpha value is -1.93. The summed E-state index contributed by atoms with van der Waals surface area (Å²) >= 11 is 0. The zero-order valence-corrected chi connectivity index (χ0v) is 9.16. The number of carbonyl (C=O) groups excluding carboxylic acids is 1. The van der Waals surface area contributed by atoms with E-state index in [9.17, 15) is 9.18 Å². The lowest BCUT2D eigenvalue weighted by Gasteiger charge is -2.06. The molecule has 88 valence electrons. The van der Waals surface area contributed by atoms with Crippen LogP contribution in [0, 0.1) is 17.1 Å². The number of nitrogens with one attached hydrogen (secondary N) is 2. The Kier molecular flexibility index (Phi) is 3.35. The van der Waals surface area contributed by atoms with Gasteiger partial charge in [0, 0.05) is 11.7 Å². The monoisotopic (exact) mass is 233 g/mol. The van der Waals surface area contributed by atoms with Crippen LogP contribution in [0.3, 0.4) is 0 Å². The summed E-state index contributed by atoms with van der Waals surface area (Å²) in [5.74, 6) is -0.769. The van der Waals surface area contributed by atoms with Gasteiger partial charge in [-0.05, 0) is 31.0 Å². The summed E-state index contributed by atoms with van der Waals surface area (Å²) in [5, 5.41) is 14.3. The second-order valence-corrected chi connectivity index (χ2v) is 4.01. The van der Waals surface area contributed by atoms with Crippen LogP contribution in [0.2, 0.25) is 0 Å². The van der Waals surface area contributed by atoms with Gasteiger partial charge in [-0.1, -0.05) is 0 Å². The molecule has 1 saturated carbocycles. The summed E-state index contributed by atoms with van der Waals surface area (Å²) in [6.45, 7) is 0.240. The van der Waals surface area contributed by atoms with Crippen molar-refractivity contribution in [1.82, 2.24) is 5.32 Å². The van der Waals surface area contributed by atoms with Crippen LogP contribution in [0.1, 0.15) is 18.4 Å². The highest BCUT2D eigenvalue weighted by Gasteiger charge is 2.21. The van der Waals surface area contributed by atoms with Gasteiger partial charge in [0.05, 0.1) is 12.1 Å². The minimum absolute atomic E-state index is 0.0713. The Bertz CT molecular complexity index is 477. The standard InChI is InChI=1S/C12H12FN3O/c13-11-4-3-10(5-8(11)6-14)16-12(17)7-15-9-1-2-9/h3-5,9,15H,1-2,7H2,(H,16,17). The first-order chi connectivity index (χ1) is 8.19. The van der Waals surface area contributed by atoms with Gasteiger partial charge in [0.25, 0.3) is 0 Å². The van der Waals surface area contributed by atoms with Gasteiger partial charge < -0.3 is 10.6 Å². The van der Waals surface area contributed by atoms with Crippen LogP contribution in [0.4, 0.5) is 10.1 Å². The number of rotatable bonds is 4. The molecule has 2 rings (SSSR count). The van der Waals surface area contributed by atoms with E-state index in [-0.39, 0.29) is 18.0 Å². The molecule has 1 aliphatic carbocycles. The lowest BCUT2D eigenvalue weighted by Crippen LogP contribution is -2.29. The molecular weight excluding hydrogens is 221 g/mol. The normalized spacial score (nSPS) is 14.1. The molecule has 0 unspecified atom stereocenters. The first-order valence-corrected chi connectivity index (χ1v) is 5.42. The van der Waals surface area contributed by atoms with Crippen LogP contribution in [0.25, 0.3) is 0 Å². The average molecular weight is 233 g/mol. The number of benzene rings is 1. The summed E-state index contributed by atoms with van der Waals surface area (Å²) in [6, 6.07) is 6.12. The molecule has 1 aromatic carbocycles. The van der Waals surface area contributed by atoms with Crippen molar-refractivity contribution in [1.29, 1.82) is 5.26 Å². The number of hydrogen-bond acceptors (Lipinski definition) is 3. The van der Waals surface area contributed by atoms with Crippen molar-refractivity contribution in [2.24, 2.45) is 0 Å². The third-order valence-electron chi connectivity index (χ3n) is 2.50. The Labute approximate surface area is 98.4 Å². The Morgan fingerprint density at radius 3 is 2.94 bits per heavy atom. The summed E-state index contributed by atoms with van der Waals surface area (Å²) < 4.78 is 13.0. The van der Waals surface area contributed by atoms with E-state index in [0.29, 0.717) is 11.7 Å². The van der Waals surface area contributed by atoms with Crippen molar-refractivity contribution in [3.63, 3.8) is 0 Å². The van der Waals surface area contributed by atoms with E-state index in [1.807, 2.05) is 0 Å². The lowest BCUT2D eigenvalue weighted by molar-refractivity contribution is -0.115. The van der Waals surface area contributed by atoms with Gasteiger partial charge >= 0.3 is 0 Å². The van der Waals surface area contributed by atoms with Gasteiger partial charge in [-0.15, -0.1) is 0 Å². The van der Waals surface area contributed by atoms with Crippen molar-refractivity contribution in [2.45, 2.75) is 18.9 Å². The second-order valence-electron chi connectivity index (χ2n) is 4.01. The molecule has 17 heavy (non-hydrogen) atoms. The summed E-state index contributed by atoms with van der Waals surface area (Å²) in [7, 11) is 0. The van der Waals surface area contributed by atoms with E-state index in [1.54, 1.807) is 6.07 Å². The number of nitrogens with zero attached hydrogens (tertiary/aromatic N) is 1.